The van der Waals surface area contributed by atoms with Crippen molar-refractivity contribution in [1.29, 1.82) is 0 Å². The van der Waals surface area contributed by atoms with E-state index in [0.29, 0.717) is 65.7 Å². The third-order valence-electron chi connectivity index (χ3n) is 9.93. The first-order chi connectivity index (χ1) is 32.9. The lowest BCUT2D eigenvalue weighted by molar-refractivity contribution is 0.0426. The zero-order valence-electron chi connectivity index (χ0n) is 50.1. The first kappa shape index (κ1) is 76.0. The van der Waals surface area contributed by atoms with Gasteiger partial charge in [-0.1, -0.05) is 12.8 Å². The van der Waals surface area contributed by atoms with Crippen LogP contribution in [0.1, 0.15) is 44.9 Å². The summed E-state index contributed by atoms with van der Waals surface area (Å²) in [6.07, 6.45) is 5.94. The SMILES string of the molecule is C[SiH](C)O[Si](C)(C)O[Si](C)(O[SiH](C)C)O[Si](C)(C)O[SiH](C)C.C[Si](C)(CCCCCO)O[Si](C)(C)O[Si](C)(O[Si](C)(C)CCCOCCOCCCO)O[Si](C)(C)O[Si](C)(C)CCCOCCOCCCO. The van der Waals surface area contributed by atoms with Gasteiger partial charge in [0.05, 0.1) is 26.4 Å². The summed E-state index contributed by atoms with van der Waals surface area (Å²) in [6, 6.07) is 2.87. The van der Waals surface area contributed by atoms with Crippen LogP contribution >= 0.6 is 0 Å². The Morgan fingerprint density at radius 1 is 0.278 bits per heavy atom. The van der Waals surface area contributed by atoms with Crippen molar-refractivity contribution in [3.63, 3.8) is 0 Å². The van der Waals surface area contributed by atoms with E-state index in [1.807, 2.05) is 13.1 Å². The fourth-order valence-corrected chi connectivity index (χ4v) is 60.1. The van der Waals surface area contributed by atoms with E-state index in [9.17, 15) is 5.11 Å². The molecule has 0 fully saturated rings. The predicted molar refractivity (Wildman–Crippen MR) is 324 cm³/mol. The smallest absolute Gasteiger partial charge is 0.439 e. The number of aliphatic hydroxyl groups is 3. The maximum absolute atomic E-state index is 9.21. The summed E-state index contributed by atoms with van der Waals surface area (Å²) in [5, 5.41) is 27.0. The number of hydrogen-bond acceptors (Lipinski definition) is 17. The lowest BCUT2D eigenvalue weighted by atomic mass is 10.3. The second kappa shape index (κ2) is 37.8. The Hall–Kier alpha value is 1.92. The van der Waals surface area contributed by atoms with Crippen LogP contribution in [-0.4, -0.2) is 192 Å². The second-order valence-electron chi connectivity index (χ2n) is 23.2. The molecule has 0 bridgehead atoms. The first-order valence-corrected chi connectivity index (χ1v) is 60.4. The van der Waals surface area contributed by atoms with Crippen LogP contribution in [0.5, 0.6) is 0 Å². The highest BCUT2D eigenvalue weighted by Gasteiger charge is 2.53. The van der Waals surface area contributed by atoms with Gasteiger partial charge in [-0.15, -0.1) is 0 Å². The molecule has 0 aromatic rings. The van der Waals surface area contributed by atoms with E-state index in [4.69, 9.17) is 70.3 Å². The highest BCUT2D eigenvalue weighted by Crippen LogP contribution is 2.32. The largest absolute Gasteiger partial charge is 0.469 e. The predicted octanol–water partition coefficient (Wildman–Crippen LogP) is 9.42. The van der Waals surface area contributed by atoms with E-state index in [0.717, 1.165) is 50.2 Å². The van der Waals surface area contributed by atoms with Crippen LogP contribution in [0.25, 0.3) is 0 Å². The number of rotatable bonds is 45. The van der Waals surface area contributed by atoms with Crippen LogP contribution in [0.3, 0.4) is 0 Å². The first-order valence-electron chi connectivity index (χ1n) is 27.0. The molecule has 0 aliphatic carbocycles. The maximum Gasteiger partial charge on any atom is 0.469 e. The summed E-state index contributed by atoms with van der Waals surface area (Å²) in [6.45, 7) is 52.3. The average Bonchev–Trinajstić information content (AvgIpc) is 3.14. The summed E-state index contributed by atoms with van der Waals surface area (Å²) in [7, 11) is -25.8. The Balaban J connectivity index is 0. The molecule has 0 saturated heterocycles. The Morgan fingerprint density at radius 2 is 0.569 bits per heavy atom. The topological polar surface area (TPSA) is 190 Å². The highest BCUT2D eigenvalue weighted by atomic mass is 28.5. The van der Waals surface area contributed by atoms with Crippen molar-refractivity contribution in [1.82, 2.24) is 0 Å². The van der Waals surface area contributed by atoms with Crippen molar-refractivity contribution in [2.75, 3.05) is 72.7 Å². The highest BCUT2D eigenvalue weighted by molar-refractivity contribution is 6.92. The molecule has 17 nitrogen and oxygen atoms in total. The van der Waals surface area contributed by atoms with Gasteiger partial charge in [0.1, 0.15) is 0 Å². The van der Waals surface area contributed by atoms with Gasteiger partial charge in [0.15, 0.2) is 52.1 Å². The maximum atomic E-state index is 9.21. The van der Waals surface area contributed by atoms with E-state index < -0.39 is 104 Å². The van der Waals surface area contributed by atoms with Crippen LogP contribution < -0.4 is 0 Å². The molecular weight excluding hydrogens is 1130 g/mol. The van der Waals surface area contributed by atoms with Crippen molar-refractivity contribution in [2.45, 2.75) is 207 Å². The van der Waals surface area contributed by atoms with Gasteiger partial charge in [0, 0.05) is 59.3 Å². The summed E-state index contributed by atoms with van der Waals surface area (Å²) in [5.41, 5.74) is 0. The summed E-state index contributed by atoms with van der Waals surface area (Å²) < 4.78 is 88.8. The Labute approximate surface area is 456 Å². The van der Waals surface area contributed by atoms with Crippen LogP contribution in [0, 0.1) is 0 Å². The van der Waals surface area contributed by atoms with E-state index in [1.165, 1.54) is 0 Å². The molecule has 0 rings (SSSR count). The van der Waals surface area contributed by atoms with Crippen molar-refractivity contribution in [3.05, 3.63) is 0 Å². The zero-order valence-corrected chi connectivity index (χ0v) is 62.6. The molecule has 0 spiro atoms. The van der Waals surface area contributed by atoms with Crippen LogP contribution in [0.15, 0.2) is 0 Å². The zero-order chi connectivity index (χ0) is 56.0. The van der Waals surface area contributed by atoms with Gasteiger partial charge in [-0.2, -0.15) is 0 Å². The van der Waals surface area contributed by atoms with Crippen molar-refractivity contribution < 1.29 is 75.4 Å². The molecule has 0 aliphatic heterocycles. The molecule has 3 N–H and O–H groups in total. The van der Waals surface area contributed by atoms with Crippen LogP contribution in [-0.2, 0) is 60.1 Å². The Kier molecular flexibility index (Phi) is 39.9. The van der Waals surface area contributed by atoms with E-state index in [2.05, 4.69) is 131 Å². The van der Waals surface area contributed by atoms with Gasteiger partial charge in [0.2, 0.25) is 0 Å². The number of aliphatic hydroxyl groups excluding tert-OH is 3. The quantitative estimate of drug-likeness (QED) is 0.0386. The minimum absolute atomic E-state index is 0.138. The summed E-state index contributed by atoms with van der Waals surface area (Å²) >= 11 is 0. The summed E-state index contributed by atoms with van der Waals surface area (Å²) in [4.78, 5) is 0. The van der Waals surface area contributed by atoms with E-state index in [-0.39, 0.29) is 19.8 Å². The minimum Gasteiger partial charge on any atom is -0.439 e. The van der Waals surface area contributed by atoms with Gasteiger partial charge < -0.3 is 75.4 Å². The van der Waals surface area contributed by atoms with Crippen molar-refractivity contribution >= 4 is 104 Å². The normalized spacial score (nSPS) is 14.7. The number of hydrogen-bond donors (Lipinski definition) is 3. The standard InChI is InChI=1S/C32H78O12Si6.C11H36O5Si6/c1-45(2,30-14-12-13-19-33)40-48(7,8)43-50(11,42-47(5,6)32-18-25-39-29-27-37-23-16-21-35)44-49(9,10)41-46(3,4)31-17-24-38-28-26-36-22-15-20-34;1-17(2)12-20(7,8)15-22(11,14-19(5)6)16-21(9,10)13-18(3)4/h33-35H,12-32H2,1-11H3;17-19H,1-11H3. The minimum atomic E-state index is -3.24. The lowest BCUT2D eigenvalue weighted by Gasteiger charge is -2.45. The fraction of sp³-hybridized carbons (Fsp3) is 1.00. The Morgan fingerprint density at radius 3 is 0.889 bits per heavy atom. The van der Waals surface area contributed by atoms with Gasteiger partial charge in [-0.3, -0.25) is 0 Å². The van der Waals surface area contributed by atoms with E-state index in [1.54, 1.807) is 0 Å². The number of unbranched alkanes of at least 4 members (excludes halogenated alkanes) is 2. The van der Waals surface area contributed by atoms with Gasteiger partial charge in [-0.05, 0) is 181 Å². The van der Waals surface area contributed by atoms with Gasteiger partial charge in [-0.25, -0.2) is 0 Å². The molecular formula is C43H114O17Si12. The molecule has 0 aromatic heterocycles. The van der Waals surface area contributed by atoms with Gasteiger partial charge in [0.25, 0.3) is 0 Å². The second-order valence-corrected chi connectivity index (χ2v) is 64.7. The molecule has 0 aromatic carbocycles. The molecule has 0 saturated carbocycles. The van der Waals surface area contributed by atoms with Crippen molar-refractivity contribution in [2.24, 2.45) is 0 Å². The molecule has 29 heteroatoms. The average molecular weight is 1240 g/mol. The molecule has 0 amide bonds. The molecule has 0 radical (unpaired) electrons. The lowest BCUT2D eigenvalue weighted by Crippen LogP contribution is -2.63. The van der Waals surface area contributed by atoms with Crippen LogP contribution in [0.4, 0.5) is 0 Å². The molecule has 72 heavy (non-hydrogen) atoms. The number of ether oxygens (including phenoxy) is 4. The molecule has 0 aliphatic rings. The van der Waals surface area contributed by atoms with Gasteiger partial charge >= 0.3 is 51.9 Å². The molecule has 436 valence electrons. The Bertz CT molecular complexity index is 1330. The monoisotopic (exact) mass is 1240 g/mol. The fourth-order valence-electron chi connectivity index (χ4n) is 8.57. The molecule has 0 heterocycles. The third-order valence-corrected chi connectivity index (χ3v) is 52.4. The molecule has 1 atom stereocenters. The summed E-state index contributed by atoms with van der Waals surface area (Å²) in [5.74, 6) is 0. The van der Waals surface area contributed by atoms with Crippen LogP contribution in [0.2, 0.25) is 162 Å². The van der Waals surface area contributed by atoms with E-state index >= 15 is 0 Å². The molecule has 1 unspecified atom stereocenters. The van der Waals surface area contributed by atoms with Crippen molar-refractivity contribution in [3.8, 4) is 0 Å². The third kappa shape index (κ3) is 44.7.